The van der Waals surface area contributed by atoms with E-state index in [4.69, 9.17) is 4.74 Å². The molecule has 8 nitrogen and oxygen atoms in total. The van der Waals surface area contributed by atoms with Gasteiger partial charge in [0.05, 0.1) is 18.3 Å². The number of para-hydroxylation sites is 1. The zero-order valence-electron chi connectivity index (χ0n) is 19.1. The first-order chi connectivity index (χ1) is 15.5. The summed E-state index contributed by atoms with van der Waals surface area (Å²) in [7, 11) is 3.86. The summed E-state index contributed by atoms with van der Waals surface area (Å²) >= 11 is 0. The number of aromatic nitrogens is 5. The summed E-state index contributed by atoms with van der Waals surface area (Å²) in [5.74, 6) is 1.93. The van der Waals surface area contributed by atoms with Gasteiger partial charge in [0.25, 0.3) is 0 Å². The smallest absolute Gasteiger partial charge is 0.227 e. The molecule has 1 aliphatic heterocycles. The molecule has 1 unspecified atom stereocenters. The largest absolute Gasteiger partial charge is 0.489 e. The third-order valence-electron chi connectivity index (χ3n) is 5.82. The number of hydrogen-bond acceptors (Lipinski definition) is 6. The fourth-order valence-corrected chi connectivity index (χ4v) is 4.23. The first-order valence-electron chi connectivity index (χ1n) is 11.2. The summed E-state index contributed by atoms with van der Waals surface area (Å²) < 4.78 is 23.4. The van der Waals surface area contributed by atoms with Crippen LogP contribution in [-0.2, 0) is 13.6 Å². The first kappa shape index (κ1) is 22.3. The monoisotopic (exact) mass is 441 g/mol. The van der Waals surface area contributed by atoms with Crippen LogP contribution >= 0.6 is 0 Å². The van der Waals surface area contributed by atoms with Crippen LogP contribution in [0.2, 0.25) is 0 Å². The van der Waals surface area contributed by atoms with Crippen molar-refractivity contribution in [3.05, 3.63) is 42.5 Å². The van der Waals surface area contributed by atoms with Crippen molar-refractivity contribution < 1.29 is 9.13 Å². The predicted octanol–water partition coefficient (Wildman–Crippen LogP) is 3.06. The Morgan fingerprint density at radius 3 is 2.66 bits per heavy atom. The van der Waals surface area contributed by atoms with Crippen molar-refractivity contribution in [1.29, 1.82) is 0 Å². The molecule has 3 heterocycles. The average Bonchev–Trinajstić information content (AvgIpc) is 3.51. The predicted molar refractivity (Wildman–Crippen MR) is 122 cm³/mol. The Morgan fingerprint density at radius 1 is 1.16 bits per heavy atom. The molecule has 0 bridgehead atoms. The van der Waals surface area contributed by atoms with Gasteiger partial charge in [0.1, 0.15) is 6.61 Å². The fourth-order valence-electron chi connectivity index (χ4n) is 4.23. The van der Waals surface area contributed by atoms with E-state index in [2.05, 4.69) is 31.7 Å². The topological polar surface area (TPSA) is 64.2 Å². The van der Waals surface area contributed by atoms with Crippen LogP contribution in [0.3, 0.4) is 0 Å². The van der Waals surface area contributed by atoms with Gasteiger partial charge in [0, 0.05) is 33.4 Å². The van der Waals surface area contributed by atoms with Crippen LogP contribution < -0.4 is 9.64 Å². The standard InChI is InChI=1S/C23H32FN7O/c1-18(15-30-10-6-7-11-30)16-31-22(19-14-25-29(3)17-19)26-27-23(31)28(2)12-13-32-21-9-5-4-8-20(21)24/h4-5,8-9,14,17-18H,6-7,10-13,15-16H2,1-3H3. The van der Waals surface area contributed by atoms with E-state index >= 15 is 0 Å². The maximum absolute atomic E-state index is 13.8. The van der Waals surface area contributed by atoms with E-state index in [1.165, 1.54) is 32.0 Å². The van der Waals surface area contributed by atoms with Crippen molar-refractivity contribution in [1.82, 2.24) is 29.4 Å². The van der Waals surface area contributed by atoms with Crippen molar-refractivity contribution in [2.45, 2.75) is 26.3 Å². The fraction of sp³-hybridized carbons (Fsp3) is 0.522. The Morgan fingerprint density at radius 2 is 1.94 bits per heavy atom. The van der Waals surface area contributed by atoms with E-state index in [9.17, 15) is 4.39 Å². The number of nitrogens with zero attached hydrogens (tertiary/aromatic N) is 7. The maximum atomic E-state index is 13.8. The number of halogens is 1. The van der Waals surface area contributed by atoms with Crippen LogP contribution in [0, 0.1) is 11.7 Å². The number of rotatable bonds is 10. The van der Waals surface area contributed by atoms with Gasteiger partial charge in [0.2, 0.25) is 5.95 Å². The molecule has 0 saturated carbocycles. The highest BCUT2D eigenvalue weighted by Gasteiger charge is 2.22. The Balaban J connectivity index is 1.48. The molecule has 3 aromatic rings. The molecule has 2 aromatic heterocycles. The Bertz CT molecular complexity index is 1010. The summed E-state index contributed by atoms with van der Waals surface area (Å²) in [6, 6.07) is 6.46. The number of benzene rings is 1. The summed E-state index contributed by atoms with van der Waals surface area (Å²) in [6.45, 7) is 7.41. The minimum atomic E-state index is -0.354. The lowest BCUT2D eigenvalue weighted by molar-refractivity contribution is 0.272. The van der Waals surface area contributed by atoms with Crippen LogP contribution in [0.25, 0.3) is 11.4 Å². The van der Waals surface area contributed by atoms with Gasteiger partial charge in [-0.15, -0.1) is 10.2 Å². The second-order valence-corrected chi connectivity index (χ2v) is 8.65. The van der Waals surface area contributed by atoms with Gasteiger partial charge in [-0.05, 0) is 44.0 Å². The van der Waals surface area contributed by atoms with Gasteiger partial charge in [-0.25, -0.2) is 4.39 Å². The van der Waals surface area contributed by atoms with Crippen LogP contribution in [0.4, 0.5) is 10.3 Å². The molecule has 0 spiro atoms. The molecular weight excluding hydrogens is 409 g/mol. The highest BCUT2D eigenvalue weighted by Crippen LogP contribution is 2.24. The van der Waals surface area contributed by atoms with Crippen LogP contribution in [0.1, 0.15) is 19.8 Å². The number of anilines is 1. The van der Waals surface area contributed by atoms with Crippen LogP contribution in [0.15, 0.2) is 36.7 Å². The molecular formula is C23H32FN7O. The normalized spacial score (nSPS) is 15.2. The molecule has 1 aromatic carbocycles. The molecule has 4 rings (SSSR count). The zero-order valence-corrected chi connectivity index (χ0v) is 19.1. The Kier molecular flexibility index (Phi) is 7.04. The molecule has 9 heteroatoms. The number of aryl methyl sites for hydroxylation is 1. The van der Waals surface area contributed by atoms with Gasteiger partial charge in [-0.1, -0.05) is 19.1 Å². The molecule has 1 fully saturated rings. The van der Waals surface area contributed by atoms with Gasteiger partial charge in [-0.3, -0.25) is 9.25 Å². The lowest BCUT2D eigenvalue weighted by Crippen LogP contribution is -2.30. The minimum absolute atomic E-state index is 0.262. The first-order valence-corrected chi connectivity index (χ1v) is 11.2. The van der Waals surface area contributed by atoms with Crippen LogP contribution in [-0.4, -0.2) is 69.3 Å². The van der Waals surface area contributed by atoms with Crippen molar-refractivity contribution in [2.24, 2.45) is 13.0 Å². The average molecular weight is 442 g/mol. The summed E-state index contributed by atoms with van der Waals surface area (Å²) in [4.78, 5) is 4.54. The molecule has 0 amide bonds. The molecule has 32 heavy (non-hydrogen) atoms. The van der Waals surface area contributed by atoms with Gasteiger partial charge >= 0.3 is 0 Å². The number of likely N-dealkylation sites (N-methyl/N-ethyl adjacent to an activating group) is 1. The minimum Gasteiger partial charge on any atom is -0.489 e. The maximum Gasteiger partial charge on any atom is 0.227 e. The highest BCUT2D eigenvalue weighted by atomic mass is 19.1. The Labute approximate surface area is 188 Å². The van der Waals surface area contributed by atoms with Crippen LogP contribution in [0.5, 0.6) is 5.75 Å². The van der Waals surface area contributed by atoms with Crippen molar-refractivity contribution >= 4 is 5.95 Å². The van der Waals surface area contributed by atoms with Gasteiger partial charge in [-0.2, -0.15) is 5.10 Å². The zero-order chi connectivity index (χ0) is 22.5. The van der Waals surface area contributed by atoms with Gasteiger partial charge in [0.15, 0.2) is 17.4 Å². The highest BCUT2D eigenvalue weighted by molar-refractivity contribution is 5.55. The second kappa shape index (κ2) is 10.1. The summed E-state index contributed by atoms with van der Waals surface area (Å²) in [5.41, 5.74) is 0.940. The van der Waals surface area contributed by atoms with Crippen molar-refractivity contribution in [3.8, 4) is 17.1 Å². The lowest BCUT2D eigenvalue weighted by Gasteiger charge is -2.24. The third-order valence-corrected chi connectivity index (χ3v) is 5.82. The van der Waals surface area contributed by atoms with E-state index in [1.54, 1.807) is 22.9 Å². The molecule has 0 N–H and O–H groups in total. The van der Waals surface area contributed by atoms with Gasteiger partial charge < -0.3 is 14.5 Å². The molecule has 172 valence electrons. The van der Waals surface area contributed by atoms with E-state index in [0.717, 1.165) is 30.4 Å². The molecule has 0 radical (unpaired) electrons. The molecule has 1 aliphatic rings. The number of likely N-dealkylation sites (tertiary alicyclic amines) is 1. The summed E-state index contributed by atoms with van der Waals surface area (Å²) in [5, 5.41) is 13.3. The second-order valence-electron chi connectivity index (χ2n) is 8.65. The summed E-state index contributed by atoms with van der Waals surface area (Å²) in [6.07, 6.45) is 6.35. The quantitative estimate of drug-likeness (QED) is 0.482. The number of hydrogen-bond donors (Lipinski definition) is 0. The lowest BCUT2D eigenvalue weighted by atomic mass is 10.1. The number of ether oxygens (including phenoxy) is 1. The SMILES string of the molecule is CC(CN1CCCC1)Cn1c(-c2cnn(C)c2)nnc1N(C)CCOc1ccccc1F. The van der Waals surface area contributed by atoms with Crippen molar-refractivity contribution in [3.63, 3.8) is 0 Å². The molecule has 1 atom stereocenters. The van der Waals surface area contributed by atoms with E-state index in [-0.39, 0.29) is 11.6 Å². The Hall–Kier alpha value is -2.94. The van der Waals surface area contributed by atoms with E-state index in [1.807, 2.05) is 31.4 Å². The third kappa shape index (κ3) is 5.27. The molecule has 0 aliphatic carbocycles. The molecule has 1 saturated heterocycles. The van der Waals surface area contributed by atoms with Crippen molar-refractivity contribution in [2.75, 3.05) is 44.7 Å². The van der Waals surface area contributed by atoms with E-state index in [0.29, 0.717) is 19.1 Å². The van der Waals surface area contributed by atoms with E-state index < -0.39 is 0 Å².